The largest absolute Gasteiger partial charge is 0.454 e. The summed E-state index contributed by atoms with van der Waals surface area (Å²) >= 11 is 0. The lowest BCUT2D eigenvalue weighted by Gasteiger charge is -2.18. The number of halogens is 3. The maximum atomic E-state index is 13.1. The summed E-state index contributed by atoms with van der Waals surface area (Å²) in [5.41, 5.74) is 3.71. The highest BCUT2D eigenvalue weighted by Crippen LogP contribution is 2.40. The first kappa shape index (κ1) is 23.8. The zero-order chi connectivity index (χ0) is 25.3. The number of carbonyl (C=O) groups is 1. The number of H-pyrrole nitrogens is 1. The standard InChI is InChI=1S/C28H25F3N2O3/c1-2-18-6-4-8-21-23(15-33-27(18)21)22(19-9-10-24-25(12-19)36-16-35-24)13-26(34)32-14-17-5-3-7-20(11-17)28(29,30)31/h3-12,15,22,33H,2,13-14,16H2,1H3,(H,32,34). The molecule has 0 saturated heterocycles. The average molecular weight is 495 g/mol. The van der Waals surface area contributed by atoms with E-state index in [0.717, 1.165) is 40.6 Å². The molecule has 1 aliphatic rings. The van der Waals surface area contributed by atoms with Crippen LogP contribution in [0.1, 0.15) is 47.1 Å². The van der Waals surface area contributed by atoms with Gasteiger partial charge in [-0.3, -0.25) is 4.79 Å². The summed E-state index contributed by atoms with van der Waals surface area (Å²) in [6, 6.07) is 16.7. The Kier molecular flexibility index (Phi) is 6.35. The van der Waals surface area contributed by atoms with Gasteiger partial charge in [-0.15, -0.1) is 0 Å². The first-order chi connectivity index (χ1) is 17.3. The molecule has 1 atom stereocenters. The number of ether oxygens (including phenoxy) is 2. The van der Waals surface area contributed by atoms with Crippen molar-refractivity contribution in [1.82, 2.24) is 10.3 Å². The predicted octanol–water partition coefficient (Wildman–Crippen LogP) is 6.32. The lowest BCUT2D eigenvalue weighted by molar-refractivity contribution is -0.137. The summed E-state index contributed by atoms with van der Waals surface area (Å²) < 4.78 is 50.1. The Balaban J connectivity index is 1.42. The molecule has 1 aliphatic heterocycles. The van der Waals surface area contributed by atoms with Crippen molar-refractivity contribution in [2.75, 3.05) is 6.79 Å². The van der Waals surface area contributed by atoms with Gasteiger partial charge in [-0.2, -0.15) is 13.2 Å². The van der Waals surface area contributed by atoms with E-state index in [0.29, 0.717) is 17.1 Å². The molecule has 4 aromatic rings. The number of hydrogen-bond donors (Lipinski definition) is 2. The maximum Gasteiger partial charge on any atom is 0.416 e. The van der Waals surface area contributed by atoms with Crippen molar-refractivity contribution in [1.29, 1.82) is 0 Å². The highest BCUT2D eigenvalue weighted by molar-refractivity contribution is 5.88. The van der Waals surface area contributed by atoms with Gasteiger partial charge in [0.25, 0.3) is 0 Å². The fourth-order valence-electron chi connectivity index (χ4n) is 4.67. The van der Waals surface area contributed by atoms with Crippen LogP contribution in [0, 0.1) is 0 Å². The van der Waals surface area contributed by atoms with Crippen LogP contribution in [-0.2, 0) is 23.9 Å². The molecule has 1 amide bonds. The lowest BCUT2D eigenvalue weighted by atomic mass is 9.87. The topological polar surface area (TPSA) is 63.4 Å². The van der Waals surface area contributed by atoms with Gasteiger partial charge in [0.2, 0.25) is 12.7 Å². The number of para-hydroxylation sites is 1. The summed E-state index contributed by atoms with van der Waals surface area (Å²) in [5, 5.41) is 3.82. The molecule has 0 fully saturated rings. The van der Waals surface area contributed by atoms with E-state index in [1.54, 1.807) is 6.07 Å². The van der Waals surface area contributed by atoms with Crippen LogP contribution in [0.3, 0.4) is 0 Å². The zero-order valence-corrected chi connectivity index (χ0v) is 19.6. The second-order valence-corrected chi connectivity index (χ2v) is 8.78. The fourth-order valence-corrected chi connectivity index (χ4v) is 4.67. The minimum absolute atomic E-state index is 0.00444. The molecule has 186 valence electrons. The Labute approximate surface area is 206 Å². The van der Waals surface area contributed by atoms with Crippen molar-refractivity contribution < 1.29 is 27.4 Å². The third-order valence-corrected chi connectivity index (χ3v) is 6.52. The third kappa shape index (κ3) is 4.76. The highest BCUT2D eigenvalue weighted by Gasteiger charge is 2.30. The van der Waals surface area contributed by atoms with Gasteiger partial charge in [0.05, 0.1) is 5.56 Å². The molecule has 2 heterocycles. The van der Waals surface area contributed by atoms with Crippen LogP contribution >= 0.6 is 0 Å². The molecule has 0 radical (unpaired) electrons. The Morgan fingerprint density at radius 3 is 2.67 bits per heavy atom. The van der Waals surface area contributed by atoms with Crippen molar-refractivity contribution in [3.63, 3.8) is 0 Å². The molecule has 2 N–H and O–H groups in total. The molecule has 5 rings (SSSR count). The minimum Gasteiger partial charge on any atom is -0.454 e. The molecule has 5 nitrogen and oxygen atoms in total. The quantitative estimate of drug-likeness (QED) is 0.316. The van der Waals surface area contributed by atoms with Gasteiger partial charge < -0.3 is 19.8 Å². The van der Waals surface area contributed by atoms with Crippen molar-refractivity contribution >= 4 is 16.8 Å². The Morgan fingerprint density at radius 1 is 1.06 bits per heavy atom. The number of aromatic nitrogens is 1. The van der Waals surface area contributed by atoms with Gasteiger partial charge in [0.1, 0.15) is 0 Å². The molecule has 0 bridgehead atoms. The van der Waals surface area contributed by atoms with Gasteiger partial charge in [0, 0.05) is 36.0 Å². The van der Waals surface area contributed by atoms with E-state index in [4.69, 9.17) is 9.47 Å². The number of carbonyl (C=O) groups excluding carboxylic acids is 1. The number of alkyl halides is 3. The Hall–Kier alpha value is -3.94. The van der Waals surface area contributed by atoms with Crippen LogP contribution in [0.4, 0.5) is 13.2 Å². The van der Waals surface area contributed by atoms with Crippen LogP contribution in [0.15, 0.2) is 66.9 Å². The van der Waals surface area contributed by atoms with Crippen LogP contribution in [0.5, 0.6) is 11.5 Å². The smallest absolute Gasteiger partial charge is 0.416 e. The second-order valence-electron chi connectivity index (χ2n) is 8.78. The number of hydrogen-bond acceptors (Lipinski definition) is 3. The third-order valence-electron chi connectivity index (χ3n) is 6.52. The van der Waals surface area contributed by atoms with E-state index >= 15 is 0 Å². The molecular weight excluding hydrogens is 469 g/mol. The van der Waals surface area contributed by atoms with Gasteiger partial charge in [-0.1, -0.05) is 43.3 Å². The monoisotopic (exact) mass is 494 g/mol. The molecule has 0 aliphatic carbocycles. The number of fused-ring (bicyclic) bond motifs is 2. The van der Waals surface area contributed by atoms with E-state index in [1.807, 2.05) is 36.5 Å². The molecule has 3 aromatic carbocycles. The molecule has 1 unspecified atom stereocenters. The summed E-state index contributed by atoms with van der Waals surface area (Å²) in [6.45, 7) is 2.24. The Bertz CT molecular complexity index is 1410. The predicted molar refractivity (Wildman–Crippen MR) is 130 cm³/mol. The van der Waals surface area contributed by atoms with E-state index in [-0.39, 0.29) is 31.6 Å². The summed E-state index contributed by atoms with van der Waals surface area (Å²) in [6.07, 6.45) is -1.53. The van der Waals surface area contributed by atoms with Crippen LogP contribution < -0.4 is 14.8 Å². The Morgan fingerprint density at radius 2 is 1.86 bits per heavy atom. The number of aromatic amines is 1. The van der Waals surface area contributed by atoms with Crippen molar-refractivity contribution in [3.8, 4) is 11.5 Å². The van der Waals surface area contributed by atoms with E-state index in [9.17, 15) is 18.0 Å². The molecule has 0 saturated carbocycles. The molecule has 1 aromatic heterocycles. The number of amides is 1. The number of benzene rings is 3. The van der Waals surface area contributed by atoms with Gasteiger partial charge >= 0.3 is 6.18 Å². The normalized spacial score (nSPS) is 13.7. The second kappa shape index (κ2) is 9.60. The molecular formula is C28H25F3N2O3. The lowest BCUT2D eigenvalue weighted by Crippen LogP contribution is -2.25. The first-order valence-electron chi connectivity index (χ1n) is 11.7. The van der Waals surface area contributed by atoms with E-state index < -0.39 is 11.7 Å². The van der Waals surface area contributed by atoms with Crippen LogP contribution in [-0.4, -0.2) is 17.7 Å². The highest BCUT2D eigenvalue weighted by atomic mass is 19.4. The molecule has 36 heavy (non-hydrogen) atoms. The van der Waals surface area contributed by atoms with Gasteiger partial charge in [0.15, 0.2) is 11.5 Å². The van der Waals surface area contributed by atoms with E-state index in [1.165, 1.54) is 11.6 Å². The number of aryl methyl sites for hydroxylation is 1. The SMILES string of the molecule is CCc1cccc2c(C(CC(=O)NCc3cccc(C(F)(F)F)c3)c3ccc4c(c3)OCO4)c[nH]c12. The van der Waals surface area contributed by atoms with E-state index in [2.05, 4.69) is 23.3 Å². The van der Waals surface area contributed by atoms with Crippen molar-refractivity contribution in [2.45, 2.75) is 38.4 Å². The van der Waals surface area contributed by atoms with Crippen LogP contribution in [0.25, 0.3) is 10.9 Å². The fraction of sp³-hybridized carbons (Fsp3) is 0.250. The first-order valence-corrected chi connectivity index (χ1v) is 11.7. The summed E-state index contributed by atoms with van der Waals surface area (Å²) in [5.74, 6) is 0.701. The zero-order valence-electron chi connectivity index (χ0n) is 19.6. The summed E-state index contributed by atoms with van der Waals surface area (Å²) in [7, 11) is 0. The number of rotatable bonds is 7. The molecule has 0 spiro atoms. The minimum atomic E-state index is -4.43. The van der Waals surface area contributed by atoms with Gasteiger partial charge in [-0.05, 0) is 52.9 Å². The van der Waals surface area contributed by atoms with Gasteiger partial charge in [-0.25, -0.2) is 0 Å². The number of nitrogens with one attached hydrogen (secondary N) is 2. The maximum absolute atomic E-state index is 13.1. The summed E-state index contributed by atoms with van der Waals surface area (Å²) in [4.78, 5) is 16.4. The van der Waals surface area contributed by atoms with Crippen molar-refractivity contribution in [2.24, 2.45) is 0 Å². The van der Waals surface area contributed by atoms with Crippen molar-refractivity contribution in [3.05, 3.63) is 94.7 Å². The molecule has 8 heteroatoms. The van der Waals surface area contributed by atoms with Crippen LogP contribution in [0.2, 0.25) is 0 Å². The average Bonchev–Trinajstić information content (AvgIpc) is 3.52.